The molecule has 0 unspecified atom stereocenters. The molecule has 32 heavy (non-hydrogen) atoms. The van der Waals surface area contributed by atoms with Crippen LogP contribution in [0.5, 0.6) is 5.75 Å². The van der Waals surface area contributed by atoms with Crippen LogP contribution >= 0.6 is 11.6 Å². The summed E-state index contributed by atoms with van der Waals surface area (Å²) in [4.78, 5) is 12.6. The third-order valence-electron chi connectivity index (χ3n) is 4.92. The molecule has 0 fully saturated rings. The number of nitrogens with zero attached hydrogens (tertiary/aromatic N) is 2. The lowest BCUT2D eigenvalue weighted by Gasteiger charge is -2.13. The summed E-state index contributed by atoms with van der Waals surface area (Å²) in [5.74, 6) is -0.0492. The maximum atomic E-state index is 13.4. The third kappa shape index (κ3) is 5.34. The summed E-state index contributed by atoms with van der Waals surface area (Å²) in [6.45, 7) is 2.67. The molecule has 7 heteroatoms. The van der Waals surface area contributed by atoms with E-state index in [0.717, 1.165) is 22.6 Å². The highest BCUT2D eigenvalue weighted by Gasteiger charge is 2.15. The van der Waals surface area contributed by atoms with Crippen LogP contribution in [0.15, 0.2) is 78.9 Å². The van der Waals surface area contributed by atoms with Crippen molar-refractivity contribution in [3.8, 4) is 5.75 Å². The van der Waals surface area contributed by atoms with Crippen molar-refractivity contribution in [1.29, 1.82) is 0 Å². The Kier molecular flexibility index (Phi) is 6.52. The monoisotopic (exact) mass is 449 g/mol. The highest BCUT2D eigenvalue weighted by molar-refractivity contribution is 6.30. The molecule has 3 aromatic carbocycles. The summed E-state index contributed by atoms with van der Waals surface area (Å²) in [7, 11) is 0. The topological polar surface area (TPSA) is 56.2 Å². The van der Waals surface area contributed by atoms with Crippen molar-refractivity contribution in [3.63, 3.8) is 0 Å². The summed E-state index contributed by atoms with van der Waals surface area (Å²) in [5, 5.41) is 7.71. The standard InChI is InChI=1S/C25H21ClFN3O2/c1-17-12-24(25(31)28-22-7-5-6-21(27)14-22)29-30(17)15-19-13-20(26)11-10-18(19)16-32-23-8-3-2-4-9-23/h2-14H,15-16H2,1H3,(H,28,31). The summed E-state index contributed by atoms with van der Waals surface area (Å²) in [6, 6.07) is 22.6. The van der Waals surface area contributed by atoms with E-state index in [9.17, 15) is 9.18 Å². The zero-order chi connectivity index (χ0) is 22.5. The van der Waals surface area contributed by atoms with Gasteiger partial charge in [0.05, 0.1) is 6.54 Å². The van der Waals surface area contributed by atoms with Crippen molar-refractivity contribution in [2.24, 2.45) is 0 Å². The average Bonchev–Trinajstić information content (AvgIpc) is 3.14. The number of ether oxygens (including phenoxy) is 1. The van der Waals surface area contributed by atoms with Gasteiger partial charge in [0, 0.05) is 16.4 Å². The second kappa shape index (κ2) is 9.66. The number of hydrogen-bond donors (Lipinski definition) is 1. The fraction of sp³-hybridized carbons (Fsp3) is 0.120. The highest BCUT2D eigenvalue weighted by Crippen LogP contribution is 2.21. The number of amides is 1. The quantitative estimate of drug-likeness (QED) is 0.384. The highest BCUT2D eigenvalue weighted by atomic mass is 35.5. The Morgan fingerprint density at radius 2 is 1.84 bits per heavy atom. The summed E-state index contributed by atoms with van der Waals surface area (Å²) in [6.07, 6.45) is 0. The Bertz CT molecular complexity index is 1240. The Morgan fingerprint density at radius 3 is 2.62 bits per heavy atom. The maximum Gasteiger partial charge on any atom is 0.276 e. The van der Waals surface area contributed by atoms with Crippen molar-refractivity contribution >= 4 is 23.2 Å². The molecule has 0 saturated carbocycles. The van der Waals surface area contributed by atoms with Crippen LogP contribution in [-0.4, -0.2) is 15.7 Å². The number of aryl methyl sites for hydroxylation is 1. The smallest absolute Gasteiger partial charge is 0.276 e. The number of carbonyl (C=O) groups is 1. The largest absolute Gasteiger partial charge is 0.489 e. The number of carbonyl (C=O) groups excluding carboxylic acids is 1. The fourth-order valence-corrected chi connectivity index (χ4v) is 3.46. The van der Waals surface area contributed by atoms with E-state index in [-0.39, 0.29) is 5.69 Å². The van der Waals surface area contributed by atoms with Crippen molar-refractivity contribution < 1.29 is 13.9 Å². The molecular formula is C25H21ClFN3O2. The van der Waals surface area contributed by atoms with Gasteiger partial charge in [-0.1, -0.05) is 41.9 Å². The number of rotatable bonds is 7. The lowest BCUT2D eigenvalue weighted by Crippen LogP contribution is -2.14. The predicted octanol–water partition coefficient (Wildman–Crippen LogP) is 5.86. The van der Waals surface area contributed by atoms with Gasteiger partial charge in [-0.3, -0.25) is 9.48 Å². The Balaban J connectivity index is 1.51. The van der Waals surface area contributed by atoms with E-state index in [4.69, 9.17) is 16.3 Å². The molecule has 0 aliphatic heterocycles. The second-order valence-corrected chi connectivity index (χ2v) is 7.74. The number of aromatic nitrogens is 2. The summed E-state index contributed by atoms with van der Waals surface area (Å²) in [5.41, 5.74) is 3.34. The molecule has 5 nitrogen and oxygen atoms in total. The van der Waals surface area contributed by atoms with Crippen molar-refractivity contribution in [2.45, 2.75) is 20.1 Å². The molecule has 0 atom stereocenters. The molecule has 1 N–H and O–H groups in total. The van der Waals surface area contributed by atoms with Crippen molar-refractivity contribution in [3.05, 3.63) is 112 Å². The Labute approximate surface area is 190 Å². The van der Waals surface area contributed by atoms with Gasteiger partial charge in [-0.25, -0.2) is 4.39 Å². The van der Waals surface area contributed by atoms with Crippen LogP contribution < -0.4 is 10.1 Å². The first-order valence-electron chi connectivity index (χ1n) is 10.0. The predicted molar refractivity (Wildman–Crippen MR) is 123 cm³/mol. The van der Waals surface area contributed by atoms with Crippen LogP contribution in [0.4, 0.5) is 10.1 Å². The van der Waals surface area contributed by atoms with Gasteiger partial charge in [-0.15, -0.1) is 0 Å². The van der Waals surface area contributed by atoms with Gasteiger partial charge in [0.2, 0.25) is 0 Å². The minimum absolute atomic E-state index is 0.246. The minimum Gasteiger partial charge on any atom is -0.489 e. The molecule has 1 amide bonds. The lowest BCUT2D eigenvalue weighted by molar-refractivity contribution is 0.102. The van der Waals surface area contributed by atoms with Gasteiger partial charge in [0.25, 0.3) is 5.91 Å². The zero-order valence-corrected chi connectivity index (χ0v) is 18.1. The van der Waals surface area contributed by atoms with Gasteiger partial charge in [0.15, 0.2) is 5.69 Å². The normalized spacial score (nSPS) is 10.7. The molecule has 0 spiro atoms. The first-order chi connectivity index (χ1) is 15.5. The zero-order valence-electron chi connectivity index (χ0n) is 17.4. The van der Waals surface area contributed by atoms with Crippen LogP contribution in [0.3, 0.4) is 0 Å². The van der Waals surface area contributed by atoms with Gasteiger partial charge < -0.3 is 10.1 Å². The van der Waals surface area contributed by atoms with Crippen molar-refractivity contribution in [2.75, 3.05) is 5.32 Å². The van der Waals surface area contributed by atoms with E-state index in [2.05, 4.69) is 10.4 Å². The average molecular weight is 450 g/mol. The van der Waals surface area contributed by atoms with Crippen molar-refractivity contribution in [1.82, 2.24) is 9.78 Å². The minimum atomic E-state index is -0.421. The van der Waals surface area contributed by atoms with Gasteiger partial charge in [-0.05, 0) is 66.6 Å². The van der Waals surface area contributed by atoms with E-state index < -0.39 is 11.7 Å². The molecule has 0 aliphatic rings. The van der Waals surface area contributed by atoms with Crippen LogP contribution in [0.1, 0.15) is 27.3 Å². The molecule has 1 aromatic heterocycles. The van der Waals surface area contributed by atoms with Crippen LogP contribution in [-0.2, 0) is 13.2 Å². The Hall–Kier alpha value is -3.64. The second-order valence-electron chi connectivity index (χ2n) is 7.31. The molecule has 4 rings (SSSR count). The number of nitrogens with one attached hydrogen (secondary N) is 1. The van der Waals surface area contributed by atoms with Gasteiger partial charge >= 0.3 is 0 Å². The van der Waals surface area contributed by atoms with E-state index in [1.807, 2.05) is 55.5 Å². The molecule has 0 radical (unpaired) electrons. The Morgan fingerprint density at radius 1 is 1.03 bits per heavy atom. The van der Waals surface area contributed by atoms with Crippen LogP contribution in [0.25, 0.3) is 0 Å². The van der Waals surface area contributed by atoms with Crippen LogP contribution in [0, 0.1) is 12.7 Å². The lowest BCUT2D eigenvalue weighted by atomic mass is 10.1. The van der Waals surface area contributed by atoms with E-state index in [1.54, 1.807) is 16.8 Å². The molecular weight excluding hydrogens is 429 g/mol. The summed E-state index contributed by atoms with van der Waals surface area (Å²) >= 11 is 6.23. The molecule has 0 aliphatic carbocycles. The third-order valence-corrected chi connectivity index (χ3v) is 5.16. The number of benzene rings is 3. The number of para-hydroxylation sites is 1. The molecule has 1 heterocycles. The maximum absolute atomic E-state index is 13.4. The van der Waals surface area contributed by atoms with Gasteiger partial charge in [-0.2, -0.15) is 5.10 Å². The SMILES string of the molecule is Cc1cc(C(=O)Nc2cccc(F)c2)nn1Cc1cc(Cl)ccc1COc1ccccc1. The molecule has 4 aromatic rings. The first-order valence-corrected chi connectivity index (χ1v) is 10.4. The number of hydrogen-bond acceptors (Lipinski definition) is 3. The number of halogens is 2. The number of anilines is 1. The summed E-state index contributed by atoms with van der Waals surface area (Å²) < 4.78 is 21.0. The molecule has 0 bridgehead atoms. The van der Waals surface area contributed by atoms with E-state index in [1.165, 1.54) is 18.2 Å². The first kappa shape index (κ1) is 21.6. The fourth-order valence-electron chi connectivity index (χ4n) is 3.26. The van der Waals surface area contributed by atoms with E-state index in [0.29, 0.717) is 23.9 Å². The van der Waals surface area contributed by atoms with Crippen LogP contribution in [0.2, 0.25) is 5.02 Å². The molecule has 162 valence electrons. The van der Waals surface area contributed by atoms with Gasteiger partial charge in [0.1, 0.15) is 18.2 Å². The molecule has 0 saturated heterocycles. The van der Waals surface area contributed by atoms with E-state index >= 15 is 0 Å².